The predicted molar refractivity (Wildman–Crippen MR) is 66.6 cm³/mol. The van der Waals surface area contributed by atoms with E-state index in [1.807, 2.05) is 0 Å². The van der Waals surface area contributed by atoms with E-state index in [0.29, 0.717) is 0 Å². The maximum Gasteiger partial charge on any atom is 0.335 e. The number of hydrogen-bond acceptors (Lipinski definition) is 3. The minimum Gasteiger partial charge on any atom is -0.478 e. The van der Waals surface area contributed by atoms with Gasteiger partial charge in [0.25, 0.3) is 0 Å². The number of aromatic carboxylic acids is 1. The van der Waals surface area contributed by atoms with Crippen LogP contribution >= 0.6 is 0 Å². The zero-order valence-electron chi connectivity index (χ0n) is 10.1. The van der Waals surface area contributed by atoms with Gasteiger partial charge in [0.05, 0.1) is 5.56 Å². The molecule has 0 aliphatic heterocycles. The van der Waals surface area contributed by atoms with E-state index in [2.05, 4.69) is 10.6 Å². The van der Waals surface area contributed by atoms with Gasteiger partial charge in [-0.2, -0.15) is 0 Å². The monoisotopic (exact) mass is 285 g/mol. The number of sulfonamides is 1. The van der Waals surface area contributed by atoms with E-state index in [1.165, 1.54) is 6.92 Å². The Bertz CT molecular complexity index is 634. The van der Waals surface area contributed by atoms with Gasteiger partial charge in [-0.05, 0) is 25.1 Å². The topological polar surface area (TPSA) is 83.5 Å². The van der Waals surface area contributed by atoms with Crippen molar-refractivity contribution in [3.63, 3.8) is 0 Å². The molecule has 1 unspecified atom stereocenters. The zero-order valence-corrected chi connectivity index (χ0v) is 10.9. The Kier molecular flexibility index (Phi) is 4.64. The van der Waals surface area contributed by atoms with E-state index >= 15 is 0 Å². The first-order valence-electron chi connectivity index (χ1n) is 5.26. The maximum atomic E-state index is 13.5. The van der Waals surface area contributed by atoms with Gasteiger partial charge in [-0.25, -0.2) is 22.3 Å². The summed E-state index contributed by atoms with van der Waals surface area (Å²) < 4.78 is 39.5. The average Bonchev–Trinajstić information content (AvgIpc) is 2.28. The highest BCUT2D eigenvalue weighted by molar-refractivity contribution is 7.89. The van der Waals surface area contributed by atoms with Crippen molar-refractivity contribution >= 4 is 16.0 Å². The molecule has 0 fully saturated rings. The molecule has 0 aliphatic rings. The third kappa shape index (κ3) is 3.77. The summed E-state index contributed by atoms with van der Waals surface area (Å²) in [4.78, 5) is 10.0. The van der Waals surface area contributed by atoms with E-state index in [9.17, 15) is 17.6 Å². The van der Waals surface area contributed by atoms with E-state index in [4.69, 9.17) is 11.5 Å². The van der Waals surface area contributed by atoms with Crippen molar-refractivity contribution in [3.05, 3.63) is 29.6 Å². The molecule has 0 amide bonds. The van der Waals surface area contributed by atoms with Crippen LogP contribution in [0.25, 0.3) is 0 Å². The Labute approximate surface area is 110 Å². The Morgan fingerprint density at radius 2 is 2.21 bits per heavy atom. The maximum absolute atomic E-state index is 13.5. The molecular weight excluding hydrogens is 273 g/mol. The highest BCUT2D eigenvalue weighted by Gasteiger charge is 2.22. The Balaban J connectivity index is 3.18. The van der Waals surface area contributed by atoms with Crippen LogP contribution in [0.5, 0.6) is 0 Å². The molecule has 1 rings (SSSR count). The van der Waals surface area contributed by atoms with Crippen LogP contribution in [-0.2, 0) is 10.0 Å². The minimum atomic E-state index is -4.15. The van der Waals surface area contributed by atoms with Gasteiger partial charge in [0.15, 0.2) is 0 Å². The van der Waals surface area contributed by atoms with E-state index in [-0.39, 0.29) is 12.0 Å². The van der Waals surface area contributed by atoms with E-state index < -0.39 is 32.7 Å². The van der Waals surface area contributed by atoms with Crippen LogP contribution < -0.4 is 4.72 Å². The quantitative estimate of drug-likeness (QED) is 0.797. The van der Waals surface area contributed by atoms with Crippen molar-refractivity contribution in [3.8, 4) is 12.3 Å². The van der Waals surface area contributed by atoms with Gasteiger partial charge in [0.2, 0.25) is 10.0 Å². The van der Waals surface area contributed by atoms with Gasteiger partial charge in [0.1, 0.15) is 10.7 Å². The van der Waals surface area contributed by atoms with Gasteiger partial charge in [-0.15, -0.1) is 12.3 Å². The lowest BCUT2D eigenvalue weighted by molar-refractivity contribution is 0.0696. The van der Waals surface area contributed by atoms with Gasteiger partial charge in [-0.3, -0.25) is 0 Å². The molecule has 0 radical (unpaired) electrons. The molecule has 19 heavy (non-hydrogen) atoms. The predicted octanol–water partition coefficient (Wildman–Crippen LogP) is 1.21. The molecule has 0 saturated heterocycles. The van der Waals surface area contributed by atoms with Crippen molar-refractivity contribution in [2.75, 3.05) is 0 Å². The van der Waals surface area contributed by atoms with Crippen LogP contribution in [0.15, 0.2) is 23.1 Å². The van der Waals surface area contributed by atoms with Gasteiger partial charge < -0.3 is 5.11 Å². The van der Waals surface area contributed by atoms with Gasteiger partial charge >= 0.3 is 5.97 Å². The van der Waals surface area contributed by atoms with Crippen molar-refractivity contribution in [2.24, 2.45) is 0 Å². The van der Waals surface area contributed by atoms with Crippen LogP contribution in [0.1, 0.15) is 23.7 Å². The second kappa shape index (κ2) is 5.82. The summed E-state index contributed by atoms with van der Waals surface area (Å²) in [6.45, 7) is 1.52. The highest BCUT2D eigenvalue weighted by Crippen LogP contribution is 2.17. The summed E-state index contributed by atoms with van der Waals surface area (Å²) in [6, 6.07) is 1.97. The molecule has 1 aromatic rings. The van der Waals surface area contributed by atoms with Gasteiger partial charge in [-0.1, -0.05) is 0 Å². The molecule has 0 heterocycles. The largest absolute Gasteiger partial charge is 0.478 e. The number of carboxylic acids is 1. The second-order valence-corrected chi connectivity index (χ2v) is 5.56. The molecule has 1 atom stereocenters. The summed E-state index contributed by atoms with van der Waals surface area (Å²) >= 11 is 0. The SMILES string of the molecule is C#CCC(C)NS(=O)(=O)c1cc(C(=O)O)ccc1F. The molecule has 7 heteroatoms. The molecular formula is C12H12FNO4S. The third-order valence-corrected chi connectivity index (χ3v) is 3.85. The van der Waals surface area contributed by atoms with Crippen molar-refractivity contribution in [1.29, 1.82) is 0 Å². The number of halogens is 1. The van der Waals surface area contributed by atoms with Crippen LogP contribution in [0.3, 0.4) is 0 Å². The Morgan fingerprint density at radius 3 is 2.74 bits per heavy atom. The first-order chi connectivity index (χ1) is 8.77. The molecule has 1 aromatic carbocycles. The van der Waals surface area contributed by atoms with Crippen molar-refractivity contribution < 1.29 is 22.7 Å². The van der Waals surface area contributed by atoms with Crippen molar-refractivity contribution in [2.45, 2.75) is 24.3 Å². The van der Waals surface area contributed by atoms with Crippen LogP contribution in [0.4, 0.5) is 4.39 Å². The summed E-state index contributed by atoms with van der Waals surface area (Å²) in [6.07, 6.45) is 5.18. The number of nitrogens with one attached hydrogen (secondary N) is 1. The lowest BCUT2D eigenvalue weighted by Crippen LogP contribution is -2.33. The molecule has 0 aromatic heterocycles. The van der Waals surface area contributed by atoms with Gasteiger partial charge in [0, 0.05) is 12.5 Å². The number of carboxylic acid groups (broad SMARTS) is 1. The molecule has 102 valence electrons. The molecule has 2 N–H and O–H groups in total. The van der Waals surface area contributed by atoms with Crippen LogP contribution in [-0.4, -0.2) is 25.5 Å². The Morgan fingerprint density at radius 1 is 1.58 bits per heavy atom. The minimum absolute atomic E-state index is 0.138. The number of carbonyl (C=O) groups is 1. The average molecular weight is 285 g/mol. The van der Waals surface area contributed by atoms with E-state index in [1.54, 1.807) is 0 Å². The fraction of sp³-hybridized carbons (Fsp3) is 0.250. The third-order valence-electron chi connectivity index (χ3n) is 2.25. The van der Waals surface area contributed by atoms with Crippen LogP contribution in [0.2, 0.25) is 0 Å². The number of rotatable bonds is 5. The lowest BCUT2D eigenvalue weighted by atomic mass is 10.2. The fourth-order valence-electron chi connectivity index (χ4n) is 1.39. The second-order valence-electron chi connectivity index (χ2n) is 3.88. The zero-order chi connectivity index (χ0) is 14.6. The van der Waals surface area contributed by atoms with E-state index in [0.717, 1.165) is 18.2 Å². The van der Waals surface area contributed by atoms with Crippen LogP contribution in [0, 0.1) is 18.2 Å². The summed E-state index contributed by atoms with van der Waals surface area (Å²) in [5.41, 5.74) is -0.314. The first-order valence-corrected chi connectivity index (χ1v) is 6.75. The molecule has 0 bridgehead atoms. The number of terminal acetylenes is 1. The molecule has 0 saturated carbocycles. The normalized spacial score (nSPS) is 12.7. The smallest absolute Gasteiger partial charge is 0.335 e. The Hall–Kier alpha value is -1.91. The molecule has 0 aliphatic carbocycles. The summed E-state index contributed by atoms with van der Waals surface area (Å²) in [7, 11) is -4.15. The number of benzene rings is 1. The summed E-state index contributed by atoms with van der Waals surface area (Å²) in [5, 5.41) is 8.77. The number of hydrogen-bond donors (Lipinski definition) is 2. The standard InChI is InChI=1S/C12H12FNO4S/c1-3-4-8(2)14-19(17,18)11-7-9(12(15)16)5-6-10(11)13/h1,5-8,14H,4H2,2H3,(H,15,16). The fourth-order valence-corrected chi connectivity index (χ4v) is 2.74. The first kappa shape index (κ1) is 15.1. The summed E-state index contributed by atoms with van der Waals surface area (Å²) in [5.74, 6) is -0.0915. The molecule has 5 nitrogen and oxygen atoms in total. The van der Waals surface area contributed by atoms with Crippen molar-refractivity contribution in [1.82, 2.24) is 4.72 Å². The lowest BCUT2D eigenvalue weighted by Gasteiger charge is -2.12. The molecule has 0 spiro atoms. The highest BCUT2D eigenvalue weighted by atomic mass is 32.2.